The molecule has 2 aromatic heterocycles. The summed E-state index contributed by atoms with van der Waals surface area (Å²) in [6.07, 6.45) is 7.74. The third-order valence-electron chi connectivity index (χ3n) is 3.36. The number of primary amides is 1. The SMILES string of the molecule is NC(=O)c1cnccc1NCc1ccc(-n2ccnc2)c(F)c1. The molecular formula is C16H14FN5O. The van der Waals surface area contributed by atoms with E-state index in [9.17, 15) is 9.18 Å². The van der Waals surface area contributed by atoms with E-state index in [4.69, 9.17) is 5.73 Å². The molecule has 0 aliphatic carbocycles. The zero-order valence-electron chi connectivity index (χ0n) is 12.1. The summed E-state index contributed by atoms with van der Waals surface area (Å²) in [5, 5.41) is 3.07. The van der Waals surface area contributed by atoms with Crippen molar-refractivity contribution in [3.8, 4) is 5.69 Å². The van der Waals surface area contributed by atoms with Crippen molar-refractivity contribution in [2.45, 2.75) is 6.54 Å². The first-order chi connectivity index (χ1) is 11.1. The number of hydrogen-bond acceptors (Lipinski definition) is 4. The van der Waals surface area contributed by atoms with Crippen LogP contribution in [0.3, 0.4) is 0 Å². The van der Waals surface area contributed by atoms with E-state index in [-0.39, 0.29) is 5.82 Å². The van der Waals surface area contributed by atoms with Gasteiger partial charge in [0.25, 0.3) is 5.91 Å². The number of anilines is 1. The van der Waals surface area contributed by atoms with Gasteiger partial charge in [-0.25, -0.2) is 9.37 Å². The third kappa shape index (κ3) is 3.18. The summed E-state index contributed by atoms with van der Waals surface area (Å²) in [7, 11) is 0. The second kappa shape index (κ2) is 6.27. The van der Waals surface area contributed by atoms with E-state index in [0.29, 0.717) is 23.5 Å². The summed E-state index contributed by atoms with van der Waals surface area (Å²) in [4.78, 5) is 19.1. The number of aromatic nitrogens is 3. The number of carbonyl (C=O) groups is 1. The van der Waals surface area contributed by atoms with Crippen molar-refractivity contribution in [3.05, 3.63) is 72.3 Å². The number of pyridine rings is 1. The van der Waals surface area contributed by atoms with Crippen LogP contribution in [0.2, 0.25) is 0 Å². The number of benzene rings is 1. The van der Waals surface area contributed by atoms with Crippen LogP contribution in [0, 0.1) is 5.82 Å². The highest BCUT2D eigenvalue weighted by molar-refractivity contribution is 5.98. The smallest absolute Gasteiger partial charge is 0.252 e. The summed E-state index contributed by atoms with van der Waals surface area (Å²) >= 11 is 0. The second-order valence-electron chi connectivity index (χ2n) is 4.89. The molecule has 3 rings (SSSR count). The average molecular weight is 311 g/mol. The highest BCUT2D eigenvalue weighted by atomic mass is 19.1. The van der Waals surface area contributed by atoms with Crippen LogP contribution in [0.1, 0.15) is 15.9 Å². The minimum absolute atomic E-state index is 0.294. The van der Waals surface area contributed by atoms with E-state index in [2.05, 4.69) is 15.3 Å². The van der Waals surface area contributed by atoms with Crippen LogP contribution >= 0.6 is 0 Å². The molecule has 0 radical (unpaired) electrons. The molecule has 0 fully saturated rings. The van der Waals surface area contributed by atoms with Gasteiger partial charge in [0, 0.05) is 31.3 Å². The predicted octanol–water partition coefficient (Wildman–Crippen LogP) is 2.12. The van der Waals surface area contributed by atoms with E-state index < -0.39 is 5.91 Å². The fourth-order valence-electron chi connectivity index (χ4n) is 2.21. The van der Waals surface area contributed by atoms with E-state index in [1.807, 2.05) is 0 Å². The first-order valence-electron chi connectivity index (χ1n) is 6.89. The quantitative estimate of drug-likeness (QED) is 0.755. The number of nitrogens with one attached hydrogen (secondary N) is 1. The molecule has 0 bridgehead atoms. The Balaban J connectivity index is 1.77. The molecule has 0 saturated heterocycles. The fourth-order valence-corrected chi connectivity index (χ4v) is 2.21. The first-order valence-corrected chi connectivity index (χ1v) is 6.89. The molecule has 3 N–H and O–H groups in total. The van der Waals surface area contributed by atoms with E-state index >= 15 is 0 Å². The van der Waals surface area contributed by atoms with E-state index in [1.165, 1.54) is 18.6 Å². The predicted molar refractivity (Wildman–Crippen MR) is 83.6 cm³/mol. The minimum atomic E-state index is -0.567. The number of hydrogen-bond donors (Lipinski definition) is 2. The molecule has 0 spiro atoms. The zero-order chi connectivity index (χ0) is 16.2. The van der Waals surface area contributed by atoms with Crippen LogP contribution in [-0.2, 0) is 6.54 Å². The molecule has 0 unspecified atom stereocenters. The molecule has 0 atom stereocenters. The van der Waals surface area contributed by atoms with Crippen LogP contribution in [-0.4, -0.2) is 20.4 Å². The van der Waals surface area contributed by atoms with Crippen LogP contribution < -0.4 is 11.1 Å². The minimum Gasteiger partial charge on any atom is -0.380 e. The maximum Gasteiger partial charge on any atom is 0.252 e. The van der Waals surface area contributed by atoms with Crippen LogP contribution in [0.15, 0.2) is 55.4 Å². The number of rotatable bonds is 5. The summed E-state index contributed by atoms with van der Waals surface area (Å²) < 4.78 is 15.8. The van der Waals surface area contributed by atoms with Crippen molar-refractivity contribution in [3.63, 3.8) is 0 Å². The Morgan fingerprint density at radius 2 is 2.13 bits per heavy atom. The molecule has 0 aliphatic heterocycles. The molecule has 116 valence electrons. The zero-order valence-corrected chi connectivity index (χ0v) is 12.1. The summed E-state index contributed by atoms with van der Waals surface area (Å²) in [6.45, 7) is 0.353. The lowest BCUT2D eigenvalue weighted by atomic mass is 10.1. The third-order valence-corrected chi connectivity index (χ3v) is 3.36. The molecule has 0 aliphatic rings. The standard InChI is InChI=1S/C16H14FN5O/c17-13-7-11(1-2-15(13)22-6-5-20-10-22)8-21-14-3-4-19-9-12(14)16(18)23/h1-7,9-10H,8H2,(H2,18,23)(H,19,21). The number of halogens is 1. The highest BCUT2D eigenvalue weighted by Gasteiger charge is 2.09. The molecule has 7 heteroatoms. The molecule has 0 saturated carbocycles. The van der Waals surface area contributed by atoms with Gasteiger partial charge in [0.2, 0.25) is 0 Å². The van der Waals surface area contributed by atoms with E-state index in [1.54, 1.807) is 41.4 Å². The maximum atomic E-state index is 14.2. The molecule has 23 heavy (non-hydrogen) atoms. The Morgan fingerprint density at radius 1 is 1.26 bits per heavy atom. The maximum absolute atomic E-state index is 14.2. The van der Waals surface area contributed by atoms with Crippen LogP contribution in [0.25, 0.3) is 5.69 Å². The van der Waals surface area contributed by atoms with Crippen molar-refractivity contribution >= 4 is 11.6 Å². The lowest BCUT2D eigenvalue weighted by Gasteiger charge is -2.11. The van der Waals surface area contributed by atoms with Gasteiger partial charge in [-0.3, -0.25) is 9.78 Å². The molecule has 1 aromatic carbocycles. The van der Waals surface area contributed by atoms with Crippen molar-refractivity contribution < 1.29 is 9.18 Å². The number of amides is 1. The Bertz CT molecular complexity index is 832. The van der Waals surface area contributed by atoms with Crippen molar-refractivity contribution in [2.24, 2.45) is 5.73 Å². The molecule has 6 nitrogen and oxygen atoms in total. The van der Waals surface area contributed by atoms with Crippen molar-refractivity contribution in [1.82, 2.24) is 14.5 Å². The van der Waals surface area contributed by atoms with Gasteiger partial charge in [0.05, 0.1) is 23.3 Å². The molecule has 2 heterocycles. The van der Waals surface area contributed by atoms with Crippen LogP contribution in [0.4, 0.5) is 10.1 Å². The summed E-state index contributed by atoms with van der Waals surface area (Å²) in [6, 6.07) is 6.57. The largest absolute Gasteiger partial charge is 0.380 e. The van der Waals surface area contributed by atoms with Crippen molar-refractivity contribution in [2.75, 3.05) is 5.32 Å². The Labute approximate surface area is 131 Å². The monoisotopic (exact) mass is 311 g/mol. The summed E-state index contributed by atoms with van der Waals surface area (Å²) in [5.74, 6) is -0.922. The number of imidazole rings is 1. The molecular weight excluding hydrogens is 297 g/mol. The lowest BCUT2D eigenvalue weighted by Crippen LogP contribution is -2.14. The van der Waals surface area contributed by atoms with Gasteiger partial charge < -0.3 is 15.6 Å². The summed E-state index contributed by atoms with van der Waals surface area (Å²) in [5.41, 5.74) is 7.31. The highest BCUT2D eigenvalue weighted by Crippen LogP contribution is 2.18. The average Bonchev–Trinajstić information content (AvgIpc) is 3.07. The first kappa shape index (κ1) is 14.7. The Morgan fingerprint density at radius 3 is 2.83 bits per heavy atom. The number of nitrogens with two attached hydrogens (primary N) is 1. The van der Waals surface area contributed by atoms with Gasteiger partial charge in [-0.1, -0.05) is 6.07 Å². The van der Waals surface area contributed by atoms with Gasteiger partial charge in [-0.2, -0.15) is 0 Å². The van der Waals surface area contributed by atoms with Gasteiger partial charge in [0.1, 0.15) is 5.82 Å². The van der Waals surface area contributed by atoms with Gasteiger partial charge in [0.15, 0.2) is 0 Å². The lowest BCUT2D eigenvalue weighted by molar-refractivity contribution is 0.100. The fraction of sp³-hybridized carbons (Fsp3) is 0.0625. The Hall–Kier alpha value is -3.22. The number of nitrogens with zero attached hydrogens (tertiary/aromatic N) is 3. The number of carbonyl (C=O) groups excluding carboxylic acids is 1. The van der Waals surface area contributed by atoms with Crippen LogP contribution in [0.5, 0.6) is 0 Å². The Kier molecular flexibility index (Phi) is 4.01. The van der Waals surface area contributed by atoms with Gasteiger partial charge >= 0.3 is 0 Å². The second-order valence-corrected chi connectivity index (χ2v) is 4.89. The van der Waals surface area contributed by atoms with Gasteiger partial charge in [-0.15, -0.1) is 0 Å². The topological polar surface area (TPSA) is 85.8 Å². The van der Waals surface area contributed by atoms with Crippen molar-refractivity contribution in [1.29, 1.82) is 0 Å². The molecule has 3 aromatic rings. The van der Waals surface area contributed by atoms with E-state index in [0.717, 1.165) is 5.56 Å². The van der Waals surface area contributed by atoms with Gasteiger partial charge in [-0.05, 0) is 23.8 Å². The molecule has 1 amide bonds. The normalized spacial score (nSPS) is 10.5.